The number of nitrogens with zero attached hydrogens (tertiary/aromatic N) is 3. The number of aromatic nitrogens is 2. The number of hydrogen-bond acceptors (Lipinski definition) is 3. The summed E-state index contributed by atoms with van der Waals surface area (Å²) < 4.78 is 16.8. The van der Waals surface area contributed by atoms with E-state index in [0.717, 1.165) is 23.3 Å². The van der Waals surface area contributed by atoms with Crippen LogP contribution in [-0.4, -0.2) is 35.3 Å². The summed E-state index contributed by atoms with van der Waals surface area (Å²) in [6.07, 6.45) is 1.72. The van der Waals surface area contributed by atoms with Gasteiger partial charge in [0, 0.05) is 6.54 Å². The molecule has 0 aliphatic rings. The van der Waals surface area contributed by atoms with Crippen molar-refractivity contribution in [3.8, 4) is 0 Å². The van der Waals surface area contributed by atoms with E-state index in [1.165, 1.54) is 6.07 Å². The van der Waals surface area contributed by atoms with Crippen LogP contribution < -0.4 is 5.73 Å². The monoisotopic (exact) mass is 418 g/mol. The van der Waals surface area contributed by atoms with Gasteiger partial charge in [-0.15, -0.1) is 0 Å². The van der Waals surface area contributed by atoms with Gasteiger partial charge in [0.25, 0.3) is 0 Å². The van der Waals surface area contributed by atoms with Crippen molar-refractivity contribution in [1.82, 2.24) is 14.7 Å². The number of rotatable bonds is 5. The number of halogens is 3. The van der Waals surface area contributed by atoms with Gasteiger partial charge in [0.15, 0.2) is 0 Å². The normalized spacial score (nSPS) is 12.9. The number of benzene rings is 1. The second-order valence-electron chi connectivity index (χ2n) is 5.06. The third kappa shape index (κ3) is 3.91. The molecule has 0 saturated carbocycles. The molecule has 1 aromatic carbocycles. The summed E-state index contributed by atoms with van der Waals surface area (Å²) in [4.78, 5) is 2.07. The summed E-state index contributed by atoms with van der Waals surface area (Å²) in [5, 5.41) is 4.33. The molecule has 4 nitrogen and oxygen atoms in total. The Morgan fingerprint density at radius 3 is 2.67 bits per heavy atom. The van der Waals surface area contributed by atoms with Crippen LogP contribution in [-0.2, 0) is 6.54 Å². The minimum Gasteiger partial charge on any atom is -0.319 e. The molecule has 0 aliphatic carbocycles. The fraction of sp³-hybridized carbons (Fsp3) is 0.357. The second kappa shape index (κ2) is 7.00. The first-order valence-corrected chi connectivity index (χ1v) is 8.05. The molecule has 0 radical (unpaired) electrons. The van der Waals surface area contributed by atoms with E-state index in [1.54, 1.807) is 12.3 Å². The van der Waals surface area contributed by atoms with Crippen molar-refractivity contribution in [3.05, 3.63) is 50.4 Å². The first-order chi connectivity index (χ1) is 9.90. The highest BCUT2D eigenvalue weighted by Gasteiger charge is 2.19. The lowest BCUT2D eigenvalue weighted by molar-refractivity contribution is 0.368. The molecule has 0 aliphatic heterocycles. The largest absolute Gasteiger partial charge is 0.319 e. The Morgan fingerprint density at radius 2 is 2.05 bits per heavy atom. The van der Waals surface area contributed by atoms with Crippen LogP contribution in [0, 0.1) is 5.82 Å². The standard InChI is InChI=1S/C14H17Br2FN4/c1-20(2)5-6-21-14(11(16)8-19-21)13(18)9-3-4-10(15)12(17)7-9/h3-4,7-8,13H,5-6,18H2,1-2H3. The lowest BCUT2D eigenvalue weighted by Gasteiger charge is -2.17. The van der Waals surface area contributed by atoms with Crippen LogP contribution in [0.3, 0.4) is 0 Å². The molecular formula is C14H17Br2FN4. The van der Waals surface area contributed by atoms with E-state index in [-0.39, 0.29) is 5.82 Å². The van der Waals surface area contributed by atoms with E-state index in [9.17, 15) is 4.39 Å². The Kier molecular flexibility index (Phi) is 5.54. The molecule has 2 aromatic rings. The molecule has 1 aromatic heterocycles. The molecule has 21 heavy (non-hydrogen) atoms. The molecular weight excluding hydrogens is 403 g/mol. The van der Waals surface area contributed by atoms with Gasteiger partial charge in [0.2, 0.25) is 0 Å². The number of likely N-dealkylation sites (N-methyl/N-ethyl adjacent to an activating group) is 1. The van der Waals surface area contributed by atoms with Crippen LogP contribution in [0.1, 0.15) is 17.3 Å². The van der Waals surface area contributed by atoms with Crippen molar-refractivity contribution >= 4 is 31.9 Å². The SMILES string of the molecule is CN(C)CCn1ncc(Br)c1C(N)c1ccc(Br)c(F)c1. The number of hydrogen-bond donors (Lipinski definition) is 1. The fourth-order valence-electron chi connectivity index (χ4n) is 2.02. The van der Waals surface area contributed by atoms with Gasteiger partial charge in [-0.3, -0.25) is 4.68 Å². The topological polar surface area (TPSA) is 47.1 Å². The Balaban J connectivity index is 2.31. The minimum atomic E-state index is -0.438. The van der Waals surface area contributed by atoms with Crippen LogP contribution >= 0.6 is 31.9 Å². The van der Waals surface area contributed by atoms with E-state index >= 15 is 0 Å². The van der Waals surface area contributed by atoms with Gasteiger partial charge in [-0.25, -0.2) is 4.39 Å². The highest BCUT2D eigenvalue weighted by molar-refractivity contribution is 9.10. The predicted molar refractivity (Wildman–Crippen MR) is 88.6 cm³/mol. The first-order valence-electron chi connectivity index (χ1n) is 6.46. The zero-order valence-electron chi connectivity index (χ0n) is 11.9. The molecule has 2 N–H and O–H groups in total. The van der Waals surface area contributed by atoms with Gasteiger partial charge in [-0.2, -0.15) is 5.10 Å². The second-order valence-corrected chi connectivity index (χ2v) is 6.76. The predicted octanol–water partition coefficient (Wildman–Crippen LogP) is 3.16. The van der Waals surface area contributed by atoms with Gasteiger partial charge in [-0.1, -0.05) is 6.07 Å². The van der Waals surface area contributed by atoms with Crippen LogP contribution in [0.4, 0.5) is 4.39 Å². The molecule has 7 heteroatoms. The van der Waals surface area contributed by atoms with Crippen molar-refractivity contribution in [3.63, 3.8) is 0 Å². The third-order valence-corrected chi connectivity index (χ3v) is 4.44. The lowest BCUT2D eigenvalue weighted by atomic mass is 10.0. The molecule has 1 atom stereocenters. The summed E-state index contributed by atoms with van der Waals surface area (Å²) in [6, 6.07) is 4.49. The van der Waals surface area contributed by atoms with Crippen molar-refractivity contribution < 1.29 is 4.39 Å². The molecule has 1 heterocycles. The van der Waals surface area contributed by atoms with E-state index in [4.69, 9.17) is 5.73 Å². The molecule has 0 fully saturated rings. The smallest absolute Gasteiger partial charge is 0.137 e. The van der Waals surface area contributed by atoms with E-state index in [0.29, 0.717) is 10.0 Å². The maximum atomic E-state index is 13.7. The fourth-order valence-corrected chi connectivity index (χ4v) is 2.81. The summed E-state index contributed by atoms with van der Waals surface area (Å²) in [7, 11) is 4.00. The molecule has 0 bridgehead atoms. The molecule has 0 saturated heterocycles. The van der Waals surface area contributed by atoms with E-state index < -0.39 is 6.04 Å². The third-order valence-electron chi connectivity index (χ3n) is 3.19. The van der Waals surface area contributed by atoms with Crippen LogP contribution in [0.25, 0.3) is 0 Å². The van der Waals surface area contributed by atoms with E-state index in [2.05, 4.69) is 41.9 Å². The molecule has 1 unspecified atom stereocenters. The minimum absolute atomic E-state index is 0.321. The maximum Gasteiger partial charge on any atom is 0.137 e. The molecule has 0 spiro atoms. The number of nitrogens with two attached hydrogens (primary N) is 1. The van der Waals surface area contributed by atoms with Crippen molar-refractivity contribution in [2.45, 2.75) is 12.6 Å². The molecule has 114 valence electrons. The average Bonchev–Trinajstić information content (AvgIpc) is 2.80. The van der Waals surface area contributed by atoms with Gasteiger partial charge in [0.05, 0.1) is 33.4 Å². The van der Waals surface area contributed by atoms with Crippen molar-refractivity contribution in [1.29, 1.82) is 0 Å². The van der Waals surface area contributed by atoms with Gasteiger partial charge >= 0.3 is 0 Å². The van der Waals surface area contributed by atoms with E-state index in [1.807, 2.05) is 24.8 Å². The zero-order chi connectivity index (χ0) is 15.6. The van der Waals surface area contributed by atoms with Gasteiger partial charge < -0.3 is 10.6 Å². The average molecular weight is 420 g/mol. The van der Waals surface area contributed by atoms with Crippen molar-refractivity contribution in [2.75, 3.05) is 20.6 Å². The Labute approximate surface area is 140 Å². The molecule has 2 rings (SSSR count). The first kappa shape index (κ1) is 16.6. The zero-order valence-corrected chi connectivity index (χ0v) is 15.0. The Bertz CT molecular complexity index is 627. The lowest BCUT2D eigenvalue weighted by Crippen LogP contribution is -2.23. The van der Waals surface area contributed by atoms with Crippen molar-refractivity contribution in [2.24, 2.45) is 5.73 Å². The van der Waals surface area contributed by atoms with Gasteiger partial charge in [-0.05, 0) is 63.7 Å². The van der Waals surface area contributed by atoms with Gasteiger partial charge in [0.1, 0.15) is 5.82 Å². The van der Waals surface area contributed by atoms with Crippen LogP contribution in [0.15, 0.2) is 33.3 Å². The maximum absolute atomic E-state index is 13.7. The summed E-state index contributed by atoms with van der Waals surface area (Å²) in [5.41, 5.74) is 7.86. The molecule has 0 amide bonds. The van der Waals surface area contributed by atoms with Crippen LogP contribution in [0.2, 0.25) is 0 Å². The Morgan fingerprint density at radius 1 is 1.33 bits per heavy atom. The Hall–Kier alpha value is -0.760. The summed E-state index contributed by atoms with van der Waals surface area (Å²) >= 11 is 6.62. The summed E-state index contributed by atoms with van der Waals surface area (Å²) in [5.74, 6) is -0.321. The summed E-state index contributed by atoms with van der Waals surface area (Å²) in [6.45, 7) is 1.57. The highest BCUT2D eigenvalue weighted by Crippen LogP contribution is 2.28. The quantitative estimate of drug-likeness (QED) is 0.809. The van der Waals surface area contributed by atoms with Crippen LogP contribution in [0.5, 0.6) is 0 Å². The highest BCUT2D eigenvalue weighted by atomic mass is 79.9.